The number of carbonyl (C=O) groups excluding carboxylic acids is 1. The minimum Gasteiger partial charge on any atom is -0.495 e. The van der Waals surface area contributed by atoms with Crippen molar-refractivity contribution in [3.05, 3.63) is 23.2 Å². The van der Waals surface area contributed by atoms with Crippen LogP contribution in [0.25, 0.3) is 0 Å². The first-order valence-corrected chi connectivity index (χ1v) is 9.00. The number of anilines is 1. The van der Waals surface area contributed by atoms with Crippen molar-refractivity contribution in [2.24, 2.45) is 5.92 Å². The molecule has 1 heterocycles. The first kappa shape index (κ1) is 22.0. The van der Waals surface area contributed by atoms with Gasteiger partial charge >= 0.3 is 0 Å². The average Bonchev–Trinajstić information content (AvgIpc) is 2.59. The van der Waals surface area contributed by atoms with Gasteiger partial charge in [-0.1, -0.05) is 11.6 Å². The van der Waals surface area contributed by atoms with Gasteiger partial charge in [-0.25, -0.2) is 0 Å². The average molecular weight is 390 g/mol. The topological polar surface area (TPSA) is 53.6 Å². The molecular formula is C18H29Cl2N3O2. The summed E-state index contributed by atoms with van der Waals surface area (Å²) in [6.07, 6.45) is 4.19. The number of nitrogens with zero attached hydrogens (tertiary/aromatic N) is 1. The fourth-order valence-corrected chi connectivity index (χ4v) is 3.27. The number of ether oxygens (including phenoxy) is 1. The Balaban J connectivity index is 0.00000312. The smallest absolute Gasteiger partial charge is 0.225 e. The molecule has 1 fully saturated rings. The maximum atomic E-state index is 12.2. The van der Waals surface area contributed by atoms with Gasteiger partial charge in [0, 0.05) is 18.0 Å². The van der Waals surface area contributed by atoms with E-state index in [0.29, 0.717) is 22.9 Å². The van der Waals surface area contributed by atoms with Gasteiger partial charge in [-0.15, -0.1) is 12.4 Å². The van der Waals surface area contributed by atoms with Crippen LogP contribution in [0, 0.1) is 5.92 Å². The Morgan fingerprint density at radius 2 is 2.08 bits per heavy atom. The van der Waals surface area contributed by atoms with E-state index in [2.05, 4.69) is 15.5 Å². The molecule has 5 nitrogen and oxygen atoms in total. The largest absolute Gasteiger partial charge is 0.495 e. The highest BCUT2D eigenvalue weighted by Crippen LogP contribution is 2.27. The molecule has 0 aliphatic carbocycles. The van der Waals surface area contributed by atoms with Gasteiger partial charge in [0.15, 0.2) is 0 Å². The Morgan fingerprint density at radius 1 is 1.36 bits per heavy atom. The molecular weight excluding hydrogens is 361 g/mol. The van der Waals surface area contributed by atoms with Crippen LogP contribution in [0.1, 0.15) is 25.7 Å². The second-order valence-electron chi connectivity index (χ2n) is 6.32. The molecule has 0 radical (unpaired) electrons. The number of piperidine rings is 1. The zero-order chi connectivity index (χ0) is 17.4. The Morgan fingerprint density at radius 3 is 2.72 bits per heavy atom. The molecule has 1 aromatic carbocycles. The number of nitrogens with one attached hydrogen (secondary N) is 2. The molecule has 1 aliphatic heterocycles. The number of halogens is 2. The fraction of sp³-hybridized carbons (Fsp3) is 0.611. The highest BCUT2D eigenvalue weighted by atomic mass is 35.5. The molecule has 25 heavy (non-hydrogen) atoms. The molecule has 7 heteroatoms. The predicted octanol–water partition coefficient (Wildman–Crippen LogP) is 3.42. The lowest BCUT2D eigenvalue weighted by molar-refractivity contribution is -0.116. The fourth-order valence-electron chi connectivity index (χ4n) is 3.10. The van der Waals surface area contributed by atoms with Crippen molar-refractivity contribution >= 4 is 35.6 Å². The second kappa shape index (κ2) is 11.6. The first-order chi connectivity index (χ1) is 11.6. The number of hydrogen-bond donors (Lipinski definition) is 2. The Labute approximate surface area is 161 Å². The lowest BCUT2D eigenvalue weighted by Crippen LogP contribution is -2.36. The van der Waals surface area contributed by atoms with Gasteiger partial charge in [-0.3, -0.25) is 4.79 Å². The molecule has 0 bridgehead atoms. The van der Waals surface area contributed by atoms with Crippen molar-refractivity contribution in [3.8, 4) is 5.75 Å². The van der Waals surface area contributed by atoms with Crippen LogP contribution in [0.15, 0.2) is 18.2 Å². The van der Waals surface area contributed by atoms with Crippen molar-refractivity contribution in [1.82, 2.24) is 10.2 Å². The van der Waals surface area contributed by atoms with Gasteiger partial charge in [-0.2, -0.15) is 0 Å². The summed E-state index contributed by atoms with van der Waals surface area (Å²) in [5.74, 6) is 1.43. The number of hydrogen-bond acceptors (Lipinski definition) is 4. The van der Waals surface area contributed by atoms with Crippen LogP contribution in [-0.2, 0) is 4.79 Å². The summed E-state index contributed by atoms with van der Waals surface area (Å²) in [6.45, 7) is 4.06. The molecule has 1 amide bonds. The number of benzene rings is 1. The van der Waals surface area contributed by atoms with Gasteiger partial charge in [0.2, 0.25) is 5.91 Å². The van der Waals surface area contributed by atoms with Crippen LogP contribution >= 0.6 is 24.0 Å². The molecule has 1 aliphatic rings. The normalized spacial score (nSPS) is 15.5. The van der Waals surface area contributed by atoms with Crippen molar-refractivity contribution in [2.75, 3.05) is 45.7 Å². The number of methoxy groups -OCH3 is 1. The van der Waals surface area contributed by atoms with Crippen LogP contribution in [0.4, 0.5) is 5.69 Å². The molecule has 0 atom stereocenters. The molecule has 2 rings (SSSR count). The van der Waals surface area contributed by atoms with Crippen LogP contribution < -0.4 is 15.4 Å². The highest BCUT2D eigenvalue weighted by Gasteiger charge is 2.19. The van der Waals surface area contributed by atoms with E-state index in [9.17, 15) is 4.79 Å². The van der Waals surface area contributed by atoms with Gasteiger partial charge in [0.1, 0.15) is 5.75 Å². The van der Waals surface area contributed by atoms with Gasteiger partial charge in [-0.05, 0) is 70.1 Å². The summed E-state index contributed by atoms with van der Waals surface area (Å²) in [6, 6.07) is 5.22. The monoisotopic (exact) mass is 389 g/mol. The Hall–Kier alpha value is -1.01. The first-order valence-electron chi connectivity index (χ1n) is 8.62. The van der Waals surface area contributed by atoms with Gasteiger partial charge in [0.05, 0.1) is 12.8 Å². The Bertz CT molecular complexity index is 535. The summed E-state index contributed by atoms with van der Waals surface area (Å²) in [7, 11) is 3.58. The number of likely N-dealkylation sites (tertiary alicyclic amines) is 1. The summed E-state index contributed by atoms with van der Waals surface area (Å²) < 4.78 is 5.25. The van der Waals surface area contributed by atoms with Crippen molar-refractivity contribution in [1.29, 1.82) is 0 Å². The van der Waals surface area contributed by atoms with E-state index in [-0.39, 0.29) is 18.3 Å². The number of rotatable bonds is 8. The number of carbonyl (C=O) groups is 1. The summed E-state index contributed by atoms with van der Waals surface area (Å²) in [4.78, 5) is 14.6. The summed E-state index contributed by atoms with van der Waals surface area (Å²) in [5.41, 5.74) is 0.626. The lowest BCUT2D eigenvalue weighted by atomic mass is 9.93. The third-order valence-electron chi connectivity index (χ3n) is 4.60. The SMILES string of the molecule is CNCCC1CCN(CCC(=O)Nc2cc(Cl)ccc2OC)CC1.Cl. The van der Waals surface area contributed by atoms with Gasteiger partial charge < -0.3 is 20.3 Å². The van der Waals surface area contributed by atoms with Crippen LogP contribution in [0.5, 0.6) is 5.75 Å². The lowest BCUT2D eigenvalue weighted by Gasteiger charge is -2.31. The maximum Gasteiger partial charge on any atom is 0.225 e. The standard InChI is InChI=1S/C18H28ClN3O2.ClH/c1-20-9-5-14-6-10-22(11-7-14)12-8-18(23)21-16-13-15(19)3-4-17(16)24-2;/h3-4,13-14,20H,5-12H2,1-2H3,(H,21,23);1H. The Kier molecular flexibility index (Phi) is 10.2. The maximum absolute atomic E-state index is 12.2. The van der Waals surface area contributed by atoms with Crippen LogP contribution in [0.3, 0.4) is 0 Å². The van der Waals surface area contributed by atoms with Crippen LogP contribution in [-0.4, -0.2) is 51.1 Å². The van der Waals surface area contributed by atoms with E-state index >= 15 is 0 Å². The van der Waals surface area contributed by atoms with E-state index in [1.807, 2.05) is 7.05 Å². The van der Waals surface area contributed by atoms with Crippen LogP contribution in [0.2, 0.25) is 5.02 Å². The summed E-state index contributed by atoms with van der Waals surface area (Å²) >= 11 is 5.99. The van der Waals surface area contributed by atoms with Crippen molar-refractivity contribution < 1.29 is 9.53 Å². The van der Waals surface area contributed by atoms with Gasteiger partial charge in [0.25, 0.3) is 0 Å². The van der Waals surface area contributed by atoms with E-state index in [4.69, 9.17) is 16.3 Å². The third kappa shape index (κ3) is 7.40. The molecule has 0 spiro atoms. The predicted molar refractivity (Wildman–Crippen MR) is 106 cm³/mol. The molecule has 1 aromatic rings. The van der Waals surface area contributed by atoms with E-state index in [1.54, 1.807) is 25.3 Å². The molecule has 0 aromatic heterocycles. The van der Waals surface area contributed by atoms with E-state index < -0.39 is 0 Å². The molecule has 1 saturated heterocycles. The molecule has 142 valence electrons. The third-order valence-corrected chi connectivity index (χ3v) is 4.84. The molecule has 0 unspecified atom stereocenters. The highest BCUT2D eigenvalue weighted by molar-refractivity contribution is 6.31. The van der Waals surface area contributed by atoms with Crippen molar-refractivity contribution in [3.63, 3.8) is 0 Å². The molecule has 0 saturated carbocycles. The van der Waals surface area contributed by atoms with E-state index in [0.717, 1.165) is 32.1 Å². The number of amides is 1. The quantitative estimate of drug-likeness (QED) is 0.714. The second-order valence-corrected chi connectivity index (χ2v) is 6.76. The van der Waals surface area contributed by atoms with Crippen molar-refractivity contribution in [2.45, 2.75) is 25.7 Å². The minimum atomic E-state index is -0.00660. The summed E-state index contributed by atoms with van der Waals surface area (Å²) in [5, 5.41) is 6.69. The zero-order valence-corrected chi connectivity index (χ0v) is 16.6. The minimum absolute atomic E-state index is 0. The zero-order valence-electron chi connectivity index (χ0n) is 15.0. The van der Waals surface area contributed by atoms with E-state index in [1.165, 1.54) is 19.3 Å². The molecule has 2 N–H and O–H groups in total.